The first-order valence-electron chi connectivity index (χ1n) is 6.80. The molecule has 2 aromatic carbocycles. The van der Waals surface area contributed by atoms with Gasteiger partial charge in [-0.1, -0.05) is 42.3 Å². The van der Waals surface area contributed by atoms with Crippen LogP contribution in [0.25, 0.3) is 0 Å². The molecule has 20 heavy (non-hydrogen) atoms. The number of hydrogen-bond donors (Lipinski definition) is 1. The molecule has 1 nitrogen and oxygen atoms in total. The molecule has 1 unspecified atom stereocenters. The van der Waals surface area contributed by atoms with Crippen LogP contribution in [0.2, 0.25) is 10.0 Å². The second kappa shape index (κ2) is 6.51. The van der Waals surface area contributed by atoms with Crippen molar-refractivity contribution in [2.75, 3.05) is 5.32 Å². The van der Waals surface area contributed by atoms with Crippen LogP contribution in [0.5, 0.6) is 0 Å². The van der Waals surface area contributed by atoms with Gasteiger partial charge in [0.15, 0.2) is 0 Å². The molecule has 1 N–H and O–H groups in total. The molecule has 106 valence electrons. The van der Waals surface area contributed by atoms with Gasteiger partial charge in [-0.05, 0) is 61.2 Å². The van der Waals surface area contributed by atoms with Gasteiger partial charge in [0.25, 0.3) is 0 Å². The van der Waals surface area contributed by atoms with Crippen molar-refractivity contribution in [1.82, 2.24) is 0 Å². The minimum absolute atomic E-state index is 0.182. The first kappa shape index (κ1) is 15.2. The van der Waals surface area contributed by atoms with E-state index in [-0.39, 0.29) is 6.04 Å². The zero-order chi connectivity index (χ0) is 14.7. The summed E-state index contributed by atoms with van der Waals surface area (Å²) < 4.78 is 0. The van der Waals surface area contributed by atoms with Crippen molar-refractivity contribution in [2.45, 2.75) is 33.2 Å². The predicted octanol–water partition coefficient (Wildman–Crippen LogP) is 6.17. The van der Waals surface area contributed by atoms with Gasteiger partial charge in [-0.25, -0.2) is 0 Å². The highest BCUT2D eigenvalue weighted by molar-refractivity contribution is 6.35. The van der Waals surface area contributed by atoms with Crippen LogP contribution in [0.3, 0.4) is 0 Å². The quantitative estimate of drug-likeness (QED) is 0.711. The highest BCUT2D eigenvalue weighted by Gasteiger charge is 2.13. The Kier molecular flexibility index (Phi) is 4.95. The Morgan fingerprint density at radius 3 is 2.35 bits per heavy atom. The zero-order valence-electron chi connectivity index (χ0n) is 12.0. The zero-order valence-corrected chi connectivity index (χ0v) is 13.5. The Labute approximate surface area is 130 Å². The van der Waals surface area contributed by atoms with E-state index in [1.165, 1.54) is 11.1 Å². The summed E-state index contributed by atoms with van der Waals surface area (Å²) in [7, 11) is 0. The first-order chi connectivity index (χ1) is 9.51. The molecule has 1 atom stereocenters. The van der Waals surface area contributed by atoms with Crippen LogP contribution in [-0.2, 0) is 0 Å². The Morgan fingerprint density at radius 1 is 1.00 bits per heavy atom. The van der Waals surface area contributed by atoms with Gasteiger partial charge in [-0.3, -0.25) is 0 Å². The maximum atomic E-state index is 6.30. The topological polar surface area (TPSA) is 12.0 Å². The summed E-state index contributed by atoms with van der Waals surface area (Å²) in [5, 5.41) is 4.92. The van der Waals surface area contributed by atoms with Crippen LogP contribution in [0.15, 0.2) is 36.4 Å². The summed E-state index contributed by atoms with van der Waals surface area (Å²) in [6.07, 6.45) is 0.953. The lowest BCUT2D eigenvalue weighted by molar-refractivity contribution is 0.749. The van der Waals surface area contributed by atoms with Crippen molar-refractivity contribution in [2.24, 2.45) is 0 Å². The molecule has 0 aromatic heterocycles. The van der Waals surface area contributed by atoms with Crippen molar-refractivity contribution >= 4 is 28.9 Å². The van der Waals surface area contributed by atoms with Crippen molar-refractivity contribution in [3.8, 4) is 0 Å². The third-order valence-electron chi connectivity index (χ3n) is 3.59. The summed E-state index contributed by atoms with van der Waals surface area (Å²) >= 11 is 12.3. The van der Waals surface area contributed by atoms with Gasteiger partial charge in [0.05, 0.1) is 6.04 Å². The van der Waals surface area contributed by atoms with E-state index >= 15 is 0 Å². The lowest BCUT2D eigenvalue weighted by Gasteiger charge is -2.20. The average Bonchev–Trinajstić information content (AvgIpc) is 2.41. The average molecular weight is 308 g/mol. The Morgan fingerprint density at radius 2 is 1.75 bits per heavy atom. The number of anilines is 1. The normalized spacial score (nSPS) is 12.2. The molecule has 0 radical (unpaired) electrons. The van der Waals surface area contributed by atoms with Crippen LogP contribution in [0.1, 0.15) is 36.1 Å². The SMILES string of the molecule is CCC(Nc1ccc(C)c(C)c1)c1ccc(Cl)cc1Cl. The molecule has 0 bridgehead atoms. The molecule has 0 spiro atoms. The first-order valence-corrected chi connectivity index (χ1v) is 7.55. The van der Waals surface area contributed by atoms with Gasteiger partial charge < -0.3 is 5.32 Å². The highest BCUT2D eigenvalue weighted by Crippen LogP contribution is 2.31. The molecule has 2 rings (SSSR count). The van der Waals surface area contributed by atoms with E-state index in [1.807, 2.05) is 12.1 Å². The van der Waals surface area contributed by atoms with Gasteiger partial charge >= 0.3 is 0 Å². The lowest BCUT2D eigenvalue weighted by atomic mass is 10.0. The van der Waals surface area contributed by atoms with Gasteiger partial charge in [0.1, 0.15) is 0 Å². The largest absolute Gasteiger partial charge is 0.378 e. The molecule has 0 saturated carbocycles. The minimum Gasteiger partial charge on any atom is -0.378 e. The van der Waals surface area contributed by atoms with Crippen LogP contribution >= 0.6 is 23.2 Å². The Hall–Kier alpha value is -1.18. The maximum Gasteiger partial charge on any atom is 0.0525 e. The van der Waals surface area contributed by atoms with E-state index in [0.29, 0.717) is 10.0 Å². The Bertz CT molecular complexity index is 608. The molecule has 0 saturated heterocycles. The highest BCUT2D eigenvalue weighted by atomic mass is 35.5. The Balaban J connectivity index is 2.26. The van der Waals surface area contributed by atoms with Crippen molar-refractivity contribution in [3.05, 3.63) is 63.1 Å². The van der Waals surface area contributed by atoms with E-state index in [4.69, 9.17) is 23.2 Å². The second-order valence-electron chi connectivity index (χ2n) is 5.07. The number of nitrogens with one attached hydrogen (secondary N) is 1. The number of halogens is 2. The molecule has 3 heteroatoms. The van der Waals surface area contributed by atoms with Crippen LogP contribution in [0, 0.1) is 13.8 Å². The van der Waals surface area contributed by atoms with E-state index in [1.54, 1.807) is 6.07 Å². The number of rotatable bonds is 4. The molecule has 0 heterocycles. The number of benzene rings is 2. The third-order valence-corrected chi connectivity index (χ3v) is 4.16. The van der Waals surface area contributed by atoms with E-state index in [9.17, 15) is 0 Å². The number of aryl methyl sites for hydroxylation is 2. The van der Waals surface area contributed by atoms with Gasteiger partial charge in [0.2, 0.25) is 0 Å². The summed E-state index contributed by atoms with van der Waals surface area (Å²) in [6, 6.07) is 12.3. The van der Waals surface area contributed by atoms with Crippen LogP contribution in [0.4, 0.5) is 5.69 Å². The molecule has 0 aliphatic heterocycles. The fourth-order valence-corrected chi connectivity index (χ4v) is 2.76. The molecule has 0 aliphatic carbocycles. The lowest BCUT2D eigenvalue weighted by Crippen LogP contribution is -2.10. The van der Waals surface area contributed by atoms with Crippen molar-refractivity contribution in [1.29, 1.82) is 0 Å². The second-order valence-corrected chi connectivity index (χ2v) is 5.91. The van der Waals surface area contributed by atoms with Crippen molar-refractivity contribution < 1.29 is 0 Å². The summed E-state index contributed by atoms with van der Waals surface area (Å²) in [5.41, 5.74) is 4.78. The standard InChI is InChI=1S/C17H19Cl2N/c1-4-17(15-8-6-13(18)10-16(15)19)20-14-7-5-11(2)12(3)9-14/h5-10,17,20H,4H2,1-3H3. The van der Waals surface area contributed by atoms with Crippen molar-refractivity contribution in [3.63, 3.8) is 0 Å². The summed E-state index contributed by atoms with van der Waals surface area (Å²) in [5.74, 6) is 0. The van der Waals surface area contributed by atoms with E-state index in [0.717, 1.165) is 17.7 Å². The van der Waals surface area contributed by atoms with Gasteiger partial charge in [0, 0.05) is 15.7 Å². The summed E-state index contributed by atoms with van der Waals surface area (Å²) in [4.78, 5) is 0. The molecular weight excluding hydrogens is 289 g/mol. The monoisotopic (exact) mass is 307 g/mol. The van der Waals surface area contributed by atoms with Gasteiger partial charge in [-0.15, -0.1) is 0 Å². The molecular formula is C17H19Cl2N. The van der Waals surface area contributed by atoms with Gasteiger partial charge in [-0.2, -0.15) is 0 Å². The number of hydrogen-bond acceptors (Lipinski definition) is 1. The van der Waals surface area contributed by atoms with Crippen LogP contribution in [-0.4, -0.2) is 0 Å². The molecule has 0 aliphatic rings. The third kappa shape index (κ3) is 3.47. The molecule has 0 fully saturated rings. The van der Waals surface area contributed by atoms with E-state index in [2.05, 4.69) is 44.3 Å². The van der Waals surface area contributed by atoms with Crippen LogP contribution < -0.4 is 5.32 Å². The fraction of sp³-hybridized carbons (Fsp3) is 0.294. The van der Waals surface area contributed by atoms with E-state index < -0.39 is 0 Å². The maximum absolute atomic E-state index is 6.30. The fourth-order valence-electron chi connectivity index (χ4n) is 2.22. The molecule has 0 amide bonds. The smallest absolute Gasteiger partial charge is 0.0525 e. The minimum atomic E-state index is 0.182. The summed E-state index contributed by atoms with van der Waals surface area (Å²) in [6.45, 7) is 6.38. The molecule has 2 aromatic rings. The predicted molar refractivity (Wildman–Crippen MR) is 89.0 cm³/mol.